The van der Waals surface area contributed by atoms with Gasteiger partial charge >= 0.3 is 0 Å². The lowest BCUT2D eigenvalue weighted by Crippen LogP contribution is -2.39. The first kappa shape index (κ1) is 20.2. The quantitative estimate of drug-likeness (QED) is 0.921. The lowest BCUT2D eigenvalue weighted by Gasteiger charge is -2.32. The zero-order chi connectivity index (χ0) is 13.7. The van der Waals surface area contributed by atoms with E-state index in [1.165, 1.54) is 6.42 Å². The molecule has 0 spiro atoms. The van der Waals surface area contributed by atoms with Crippen LogP contribution in [0.5, 0.6) is 0 Å². The number of halogens is 2. The van der Waals surface area contributed by atoms with Crippen molar-refractivity contribution in [1.82, 2.24) is 15.2 Å². The summed E-state index contributed by atoms with van der Waals surface area (Å²) in [7, 11) is 1.99. The lowest BCUT2D eigenvalue weighted by atomic mass is 9.93. The van der Waals surface area contributed by atoms with Crippen LogP contribution < -0.4 is 5.32 Å². The van der Waals surface area contributed by atoms with Crippen molar-refractivity contribution in [3.63, 3.8) is 0 Å². The van der Waals surface area contributed by atoms with Crippen molar-refractivity contribution in [3.8, 4) is 0 Å². The molecule has 1 N–H and O–H groups in total. The number of carbonyl (C=O) groups is 1. The SMILES string of the molecule is CNCCC1CCN(C(=O)c2cccnc2C)CC1.Cl.Cl. The van der Waals surface area contributed by atoms with E-state index in [9.17, 15) is 4.79 Å². The topological polar surface area (TPSA) is 45.2 Å². The zero-order valence-corrected chi connectivity index (χ0v) is 14.3. The molecule has 120 valence electrons. The van der Waals surface area contributed by atoms with Crippen molar-refractivity contribution in [3.05, 3.63) is 29.6 Å². The molecule has 0 atom stereocenters. The van der Waals surface area contributed by atoms with Crippen LogP contribution in [0.4, 0.5) is 0 Å². The minimum atomic E-state index is 0. The first-order valence-corrected chi connectivity index (χ1v) is 7.08. The van der Waals surface area contributed by atoms with E-state index in [0.717, 1.165) is 49.7 Å². The lowest BCUT2D eigenvalue weighted by molar-refractivity contribution is 0.0686. The number of nitrogens with one attached hydrogen (secondary N) is 1. The van der Waals surface area contributed by atoms with Crippen molar-refractivity contribution >= 4 is 30.7 Å². The zero-order valence-electron chi connectivity index (χ0n) is 12.7. The summed E-state index contributed by atoms with van der Waals surface area (Å²) in [5.41, 5.74) is 1.57. The van der Waals surface area contributed by atoms with Crippen LogP contribution in [-0.2, 0) is 0 Å². The number of rotatable bonds is 4. The average Bonchev–Trinajstić information content (AvgIpc) is 2.45. The van der Waals surface area contributed by atoms with E-state index in [-0.39, 0.29) is 30.7 Å². The number of aromatic nitrogens is 1. The standard InChI is InChI=1S/C15H23N3O.2ClH/c1-12-14(4-3-8-17-12)15(19)18-10-6-13(7-11-18)5-9-16-2;;/h3-4,8,13,16H,5-7,9-11H2,1-2H3;2*1H. The van der Waals surface area contributed by atoms with Gasteiger partial charge in [0.05, 0.1) is 5.56 Å². The average molecular weight is 334 g/mol. The fourth-order valence-electron chi connectivity index (χ4n) is 2.65. The third-order valence-electron chi connectivity index (χ3n) is 3.94. The Balaban J connectivity index is 0.00000200. The Morgan fingerprint density at radius 3 is 2.62 bits per heavy atom. The predicted octanol–water partition coefficient (Wildman–Crippen LogP) is 2.70. The summed E-state index contributed by atoms with van der Waals surface area (Å²) in [6.45, 7) is 4.72. The molecule has 2 heterocycles. The summed E-state index contributed by atoms with van der Waals surface area (Å²) < 4.78 is 0. The molecule has 1 amide bonds. The Morgan fingerprint density at radius 2 is 2.05 bits per heavy atom. The number of hydrogen-bond acceptors (Lipinski definition) is 3. The highest BCUT2D eigenvalue weighted by atomic mass is 35.5. The van der Waals surface area contributed by atoms with Gasteiger partial charge in [-0.2, -0.15) is 0 Å². The minimum absolute atomic E-state index is 0. The molecule has 6 heteroatoms. The van der Waals surface area contributed by atoms with Crippen molar-refractivity contribution in [2.24, 2.45) is 5.92 Å². The van der Waals surface area contributed by atoms with Gasteiger partial charge in [-0.1, -0.05) is 0 Å². The van der Waals surface area contributed by atoms with Gasteiger partial charge in [-0.15, -0.1) is 24.8 Å². The Kier molecular flexibility index (Phi) is 9.58. The first-order chi connectivity index (χ1) is 9.22. The van der Waals surface area contributed by atoms with Gasteiger partial charge in [-0.05, 0) is 57.8 Å². The smallest absolute Gasteiger partial charge is 0.255 e. The van der Waals surface area contributed by atoms with Crippen molar-refractivity contribution in [1.29, 1.82) is 0 Å². The van der Waals surface area contributed by atoms with E-state index in [0.29, 0.717) is 0 Å². The number of carbonyl (C=O) groups excluding carboxylic acids is 1. The van der Waals surface area contributed by atoms with Gasteiger partial charge in [0.2, 0.25) is 0 Å². The van der Waals surface area contributed by atoms with Gasteiger partial charge in [0.25, 0.3) is 5.91 Å². The fraction of sp³-hybridized carbons (Fsp3) is 0.600. The molecule has 1 saturated heterocycles. The van der Waals surface area contributed by atoms with Crippen LogP contribution in [0.15, 0.2) is 18.3 Å². The Hall–Kier alpha value is -0.840. The Bertz CT molecular complexity index is 435. The van der Waals surface area contributed by atoms with Crippen molar-refractivity contribution in [2.75, 3.05) is 26.7 Å². The Labute approximate surface area is 139 Å². The van der Waals surface area contributed by atoms with Gasteiger partial charge in [0.1, 0.15) is 0 Å². The molecule has 0 bridgehead atoms. The van der Waals surface area contributed by atoms with Crippen LogP contribution in [0.2, 0.25) is 0 Å². The number of amides is 1. The highest BCUT2D eigenvalue weighted by Gasteiger charge is 2.24. The van der Waals surface area contributed by atoms with Gasteiger partial charge < -0.3 is 10.2 Å². The van der Waals surface area contributed by atoms with Gasteiger partial charge in [0.15, 0.2) is 0 Å². The second kappa shape index (κ2) is 9.98. The summed E-state index contributed by atoms with van der Waals surface area (Å²) in [6, 6.07) is 3.71. The molecule has 0 saturated carbocycles. The molecule has 2 rings (SSSR count). The van der Waals surface area contributed by atoms with Crippen molar-refractivity contribution < 1.29 is 4.79 Å². The number of piperidine rings is 1. The number of likely N-dealkylation sites (tertiary alicyclic amines) is 1. The summed E-state index contributed by atoms with van der Waals surface area (Å²) in [5, 5.41) is 3.19. The molecule has 0 radical (unpaired) electrons. The molecule has 1 aliphatic rings. The maximum Gasteiger partial charge on any atom is 0.255 e. The molecular formula is C15H25Cl2N3O. The minimum Gasteiger partial charge on any atom is -0.339 e. The van der Waals surface area contributed by atoms with E-state index in [4.69, 9.17) is 0 Å². The molecule has 1 fully saturated rings. The molecule has 0 aliphatic carbocycles. The predicted molar refractivity (Wildman–Crippen MR) is 90.6 cm³/mol. The number of pyridine rings is 1. The highest BCUT2D eigenvalue weighted by molar-refractivity contribution is 5.95. The number of nitrogens with zero attached hydrogens (tertiary/aromatic N) is 2. The van der Waals surface area contributed by atoms with Crippen LogP contribution in [0, 0.1) is 12.8 Å². The van der Waals surface area contributed by atoms with E-state index >= 15 is 0 Å². The summed E-state index contributed by atoms with van der Waals surface area (Å²) in [5.74, 6) is 0.893. The van der Waals surface area contributed by atoms with E-state index in [1.54, 1.807) is 6.20 Å². The van der Waals surface area contributed by atoms with E-state index in [1.807, 2.05) is 31.0 Å². The largest absolute Gasteiger partial charge is 0.339 e. The van der Waals surface area contributed by atoms with Gasteiger partial charge in [-0.3, -0.25) is 9.78 Å². The molecule has 4 nitrogen and oxygen atoms in total. The van der Waals surface area contributed by atoms with Gasteiger partial charge in [-0.25, -0.2) is 0 Å². The van der Waals surface area contributed by atoms with Crippen LogP contribution in [-0.4, -0.2) is 42.5 Å². The van der Waals surface area contributed by atoms with Crippen molar-refractivity contribution in [2.45, 2.75) is 26.2 Å². The van der Waals surface area contributed by atoms with E-state index in [2.05, 4.69) is 10.3 Å². The second-order valence-corrected chi connectivity index (χ2v) is 5.26. The third-order valence-corrected chi connectivity index (χ3v) is 3.94. The molecule has 1 aromatic heterocycles. The van der Waals surface area contributed by atoms with Crippen LogP contribution in [0.1, 0.15) is 35.3 Å². The molecule has 0 unspecified atom stereocenters. The van der Waals surface area contributed by atoms with Crippen LogP contribution in [0.3, 0.4) is 0 Å². The second-order valence-electron chi connectivity index (χ2n) is 5.26. The fourth-order valence-corrected chi connectivity index (χ4v) is 2.65. The van der Waals surface area contributed by atoms with Gasteiger partial charge in [0, 0.05) is 25.0 Å². The van der Waals surface area contributed by atoms with Crippen LogP contribution in [0.25, 0.3) is 0 Å². The molecule has 1 aliphatic heterocycles. The molecular weight excluding hydrogens is 309 g/mol. The third kappa shape index (κ3) is 5.46. The monoisotopic (exact) mass is 333 g/mol. The highest BCUT2D eigenvalue weighted by Crippen LogP contribution is 2.21. The van der Waals surface area contributed by atoms with Crippen LogP contribution >= 0.6 is 24.8 Å². The number of hydrogen-bond donors (Lipinski definition) is 1. The number of aryl methyl sites for hydroxylation is 1. The summed E-state index contributed by atoms with van der Waals surface area (Å²) in [6.07, 6.45) is 5.18. The normalized spacial score (nSPS) is 15.0. The summed E-state index contributed by atoms with van der Waals surface area (Å²) in [4.78, 5) is 18.6. The molecule has 0 aromatic carbocycles. The first-order valence-electron chi connectivity index (χ1n) is 7.08. The Morgan fingerprint density at radius 1 is 1.38 bits per heavy atom. The summed E-state index contributed by atoms with van der Waals surface area (Å²) >= 11 is 0. The maximum atomic E-state index is 12.4. The van der Waals surface area contributed by atoms with E-state index < -0.39 is 0 Å². The maximum absolute atomic E-state index is 12.4. The molecule has 1 aromatic rings. The molecule has 21 heavy (non-hydrogen) atoms.